The van der Waals surface area contributed by atoms with Crippen molar-refractivity contribution >= 4 is 11.6 Å². The molecule has 1 N–H and O–H groups in total. The first-order chi connectivity index (χ1) is 8.32. The first-order valence-electron chi connectivity index (χ1n) is 6.25. The minimum atomic E-state index is -0.145. The fourth-order valence-corrected chi connectivity index (χ4v) is 2.94. The molecule has 2 saturated heterocycles. The van der Waals surface area contributed by atoms with E-state index in [0.29, 0.717) is 0 Å². The van der Waals surface area contributed by atoms with Crippen LogP contribution >= 0.6 is 0 Å². The SMILES string of the molecule is O=C1N(c2cccnc2)CC[C@]12CCCNC2. The van der Waals surface area contributed by atoms with Gasteiger partial charge in [0.1, 0.15) is 0 Å². The standard InChI is InChI=1S/C13H17N3O/c17-12-13(4-2-7-15-10-13)5-8-16(12)11-3-1-6-14-9-11/h1,3,6,9,15H,2,4-5,7-8,10H2/t13-/m0/s1. The Bertz CT molecular complexity index is 412. The molecule has 17 heavy (non-hydrogen) atoms. The maximum absolute atomic E-state index is 12.5. The molecule has 90 valence electrons. The second-order valence-electron chi connectivity index (χ2n) is 4.98. The Labute approximate surface area is 101 Å². The molecule has 0 unspecified atom stereocenters. The van der Waals surface area contributed by atoms with Crippen molar-refractivity contribution in [3.63, 3.8) is 0 Å². The van der Waals surface area contributed by atoms with Crippen LogP contribution in [0.4, 0.5) is 5.69 Å². The van der Waals surface area contributed by atoms with Gasteiger partial charge in [-0.2, -0.15) is 0 Å². The molecular formula is C13H17N3O. The molecule has 0 aromatic carbocycles. The van der Waals surface area contributed by atoms with E-state index in [1.54, 1.807) is 12.4 Å². The predicted molar refractivity (Wildman–Crippen MR) is 65.7 cm³/mol. The summed E-state index contributed by atoms with van der Waals surface area (Å²) in [6.45, 7) is 2.71. The maximum atomic E-state index is 12.5. The summed E-state index contributed by atoms with van der Waals surface area (Å²) >= 11 is 0. The molecule has 3 heterocycles. The van der Waals surface area contributed by atoms with Gasteiger partial charge >= 0.3 is 0 Å². The van der Waals surface area contributed by atoms with E-state index in [0.717, 1.165) is 44.6 Å². The first kappa shape index (κ1) is 10.7. The molecule has 4 heteroatoms. The monoisotopic (exact) mass is 231 g/mol. The van der Waals surface area contributed by atoms with Gasteiger partial charge in [0.2, 0.25) is 5.91 Å². The number of nitrogens with one attached hydrogen (secondary N) is 1. The van der Waals surface area contributed by atoms with E-state index in [9.17, 15) is 4.79 Å². The molecule has 2 fully saturated rings. The van der Waals surface area contributed by atoms with Gasteiger partial charge in [-0.3, -0.25) is 9.78 Å². The largest absolute Gasteiger partial charge is 0.316 e. The summed E-state index contributed by atoms with van der Waals surface area (Å²) in [6, 6.07) is 3.84. The zero-order valence-electron chi connectivity index (χ0n) is 9.85. The second kappa shape index (κ2) is 4.11. The zero-order valence-corrected chi connectivity index (χ0v) is 9.85. The van der Waals surface area contributed by atoms with E-state index < -0.39 is 0 Å². The van der Waals surface area contributed by atoms with E-state index in [-0.39, 0.29) is 11.3 Å². The smallest absolute Gasteiger partial charge is 0.234 e. The molecule has 1 aromatic rings. The number of hydrogen-bond acceptors (Lipinski definition) is 3. The van der Waals surface area contributed by atoms with E-state index in [1.165, 1.54) is 0 Å². The van der Waals surface area contributed by atoms with E-state index in [4.69, 9.17) is 0 Å². The topological polar surface area (TPSA) is 45.2 Å². The summed E-state index contributed by atoms with van der Waals surface area (Å²) in [6.07, 6.45) is 6.60. The van der Waals surface area contributed by atoms with Crippen molar-refractivity contribution in [1.29, 1.82) is 0 Å². The van der Waals surface area contributed by atoms with Gasteiger partial charge in [-0.1, -0.05) is 0 Å². The molecule has 0 saturated carbocycles. The predicted octanol–water partition coefficient (Wildman–Crippen LogP) is 1.19. The normalized spacial score (nSPS) is 28.9. The van der Waals surface area contributed by atoms with Crippen molar-refractivity contribution < 1.29 is 4.79 Å². The number of piperidine rings is 1. The molecule has 4 nitrogen and oxygen atoms in total. The average Bonchev–Trinajstić information content (AvgIpc) is 2.70. The van der Waals surface area contributed by atoms with Gasteiger partial charge in [-0.05, 0) is 37.9 Å². The highest BCUT2D eigenvalue weighted by atomic mass is 16.2. The minimum absolute atomic E-state index is 0.145. The van der Waals surface area contributed by atoms with Crippen LogP contribution in [0.25, 0.3) is 0 Å². The lowest BCUT2D eigenvalue weighted by Crippen LogP contribution is -2.45. The summed E-state index contributed by atoms with van der Waals surface area (Å²) in [5.41, 5.74) is 0.786. The Balaban J connectivity index is 1.85. The Kier molecular flexibility index (Phi) is 2.59. The lowest BCUT2D eigenvalue weighted by molar-refractivity contribution is -0.126. The summed E-state index contributed by atoms with van der Waals surface area (Å²) < 4.78 is 0. The summed E-state index contributed by atoms with van der Waals surface area (Å²) in [5.74, 6) is 0.276. The van der Waals surface area contributed by atoms with E-state index in [1.807, 2.05) is 17.0 Å². The lowest BCUT2D eigenvalue weighted by Gasteiger charge is -2.32. The van der Waals surface area contributed by atoms with Crippen LogP contribution in [0.5, 0.6) is 0 Å². The number of amides is 1. The van der Waals surface area contributed by atoms with Crippen molar-refractivity contribution in [1.82, 2.24) is 10.3 Å². The van der Waals surface area contributed by atoms with Crippen molar-refractivity contribution in [3.8, 4) is 0 Å². The average molecular weight is 231 g/mol. The number of nitrogens with zero attached hydrogens (tertiary/aromatic N) is 2. The van der Waals surface area contributed by atoms with Crippen molar-refractivity contribution in [3.05, 3.63) is 24.5 Å². The Morgan fingerprint density at radius 2 is 2.35 bits per heavy atom. The molecule has 0 aliphatic carbocycles. The number of carbonyl (C=O) groups is 1. The van der Waals surface area contributed by atoms with Crippen LogP contribution in [0.15, 0.2) is 24.5 Å². The van der Waals surface area contributed by atoms with Gasteiger partial charge in [-0.15, -0.1) is 0 Å². The van der Waals surface area contributed by atoms with Gasteiger partial charge in [-0.25, -0.2) is 0 Å². The Hall–Kier alpha value is -1.42. The van der Waals surface area contributed by atoms with Gasteiger partial charge in [0.05, 0.1) is 17.3 Å². The van der Waals surface area contributed by atoms with Crippen LogP contribution in [-0.4, -0.2) is 30.5 Å². The zero-order chi connectivity index (χ0) is 11.7. The lowest BCUT2D eigenvalue weighted by atomic mass is 9.79. The Morgan fingerprint density at radius 1 is 1.41 bits per heavy atom. The van der Waals surface area contributed by atoms with Crippen molar-refractivity contribution in [2.75, 3.05) is 24.5 Å². The molecule has 2 aliphatic rings. The fourth-order valence-electron chi connectivity index (χ4n) is 2.94. The van der Waals surface area contributed by atoms with Crippen LogP contribution < -0.4 is 10.2 Å². The van der Waals surface area contributed by atoms with Crippen LogP contribution in [0, 0.1) is 5.41 Å². The molecule has 0 radical (unpaired) electrons. The fraction of sp³-hybridized carbons (Fsp3) is 0.538. The molecule has 1 amide bonds. The molecular weight excluding hydrogens is 214 g/mol. The van der Waals surface area contributed by atoms with Gasteiger partial charge in [0, 0.05) is 19.3 Å². The van der Waals surface area contributed by atoms with Crippen molar-refractivity contribution in [2.24, 2.45) is 5.41 Å². The third-order valence-corrected chi connectivity index (χ3v) is 3.94. The van der Waals surface area contributed by atoms with Gasteiger partial charge in [0.25, 0.3) is 0 Å². The number of aromatic nitrogens is 1. The maximum Gasteiger partial charge on any atom is 0.234 e. The molecule has 2 aliphatic heterocycles. The van der Waals surface area contributed by atoms with Crippen LogP contribution in [0.3, 0.4) is 0 Å². The Morgan fingerprint density at radius 3 is 3.06 bits per heavy atom. The summed E-state index contributed by atoms with van der Waals surface area (Å²) in [5, 5.41) is 3.36. The molecule has 1 spiro atoms. The number of pyridine rings is 1. The van der Waals surface area contributed by atoms with Crippen LogP contribution in [-0.2, 0) is 4.79 Å². The summed E-state index contributed by atoms with van der Waals surface area (Å²) in [4.78, 5) is 18.5. The number of carbonyl (C=O) groups excluding carboxylic acids is 1. The number of hydrogen-bond donors (Lipinski definition) is 1. The van der Waals surface area contributed by atoms with Crippen molar-refractivity contribution in [2.45, 2.75) is 19.3 Å². The second-order valence-corrected chi connectivity index (χ2v) is 4.98. The van der Waals surface area contributed by atoms with E-state index >= 15 is 0 Å². The van der Waals surface area contributed by atoms with Crippen LogP contribution in [0.2, 0.25) is 0 Å². The minimum Gasteiger partial charge on any atom is -0.316 e. The molecule has 3 rings (SSSR count). The van der Waals surface area contributed by atoms with Gasteiger partial charge < -0.3 is 10.2 Å². The third-order valence-electron chi connectivity index (χ3n) is 3.94. The highest BCUT2D eigenvalue weighted by Crippen LogP contribution is 2.39. The quantitative estimate of drug-likeness (QED) is 0.789. The van der Waals surface area contributed by atoms with Gasteiger partial charge in [0.15, 0.2) is 0 Å². The van der Waals surface area contributed by atoms with Crippen LogP contribution in [0.1, 0.15) is 19.3 Å². The van der Waals surface area contributed by atoms with E-state index in [2.05, 4.69) is 10.3 Å². The third kappa shape index (κ3) is 1.72. The number of rotatable bonds is 1. The highest BCUT2D eigenvalue weighted by Gasteiger charge is 2.47. The summed E-state index contributed by atoms with van der Waals surface area (Å²) in [7, 11) is 0. The molecule has 0 bridgehead atoms. The first-order valence-corrected chi connectivity index (χ1v) is 6.25. The highest BCUT2D eigenvalue weighted by molar-refractivity contribution is 6.00. The number of anilines is 1. The molecule has 1 atom stereocenters. The molecule has 1 aromatic heterocycles.